The van der Waals surface area contributed by atoms with Crippen molar-refractivity contribution in [3.63, 3.8) is 0 Å². The molecule has 4 nitrogen and oxygen atoms in total. The van der Waals surface area contributed by atoms with E-state index in [1.54, 1.807) is 11.9 Å². The van der Waals surface area contributed by atoms with Gasteiger partial charge in [0.15, 0.2) is 0 Å². The van der Waals surface area contributed by atoms with Crippen LogP contribution in [0, 0.1) is 0 Å². The van der Waals surface area contributed by atoms with Crippen molar-refractivity contribution in [1.29, 1.82) is 0 Å². The predicted molar refractivity (Wildman–Crippen MR) is 90.6 cm³/mol. The van der Waals surface area contributed by atoms with Crippen molar-refractivity contribution in [3.8, 4) is 5.75 Å². The molecule has 0 saturated heterocycles. The molecule has 4 heteroatoms. The summed E-state index contributed by atoms with van der Waals surface area (Å²) in [5.74, 6) is 0.890. The molecule has 0 bridgehead atoms. The minimum absolute atomic E-state index is 0.0765. The third-order valence-corrected chi connectivity index (χ3v) is 3.36. The zero-order valence-corrected chi connectivity index (χ0v) is 13.1. The lowest BCUT2D eigenvalue weighted by Gasteiger charge is -2.18. The van der Waals surface area contributed by atoms with E-state index in [1.807, 2.05) is 61.5 Å². The Morgan fingerprint density at radius 3 is 2.50 bits per heavy atom. The standard InChI is InChI=1S/C18H22N2O2/c1-3-22-17-12-8-7-11-16(17)19-14-13-18(21)20(2)15-9-5-4-6-10-15/h4-12,19H,3,13-14H2,1-2H3. The fourth-order valence-corrected chi connectivity index (χ4v) is 2.16. The summed E-state index contributed by atoms with van der Waals surface area (Å²) in [4.78, 5) is 13.9. The molecule has 0 radical (unpaired) electrons. The first-order valence-corrected chi connectivity index (χ1v) is 7.49. The summed E-state index contributed by atoms with van der Waals surface area (Å²) in [7, 11) is 1.80. The number of hydrogen-bond donors (Lipinski definition) is 1. The molecule has 0 aliphatic rings. The maximum atomic E-state index is 12.2. The quantitative estimate of drug-likeness (QED) is 0.850. The molecular formula is C18H22N2O2. The largest absolute Gasteiger partial charge is 0.492 e. The molecule has 0 saturated carbocycles. The molecule has 0 aliphatic heterocycles. The molecule has 1 N–H and O–H groups in total. The second-order valence-electron chi connectivity index (χ2n) is 4.89. The topological polar surface area (TPSA) is 41.6 Å². The van der Waals surface area contributed by atoms with Gasteiger partial charge in [-0.1, -0.05) is 30.3 Å². The van der Waals surface area contributed by atoms with Crippen LogP contribution in [-0.4, -0.2) is 26.1 Å². The van der Waals surface area contributed by atoms with E-state index in [9.17, 15) is 4.79 Å². The van der Waals surface area contributed by atoms with Crippen molar-refractivity contribution in [3.05, 3.63) is 54.6 Å². The van der Waals surface area contributed by atoms with E-state index < -0.39 is 0 Å². The van der Waals surface area contributed by atoms with E-state index in [-0.39, 0.29) is 5.91 Å². The molecule has 0 heterocycles. The smallest absolute Gasteiger partial charge is 0.228 e. The molecule has 0 aliphatic carbocycles. The molecule has 0 atom stereocenters. The zero-order valence-electron chi connectivity index (χ0n) is 13.1. The van der Waals surface area contributed by atoms with E-state index in [4.69, 9.17) is 4.74 Å². The van der Waals surface area contributed by atoms with Crippen LogP contribution in [-0.2, 0) is 4.79 Å². The zero-order chi connectivity index (χ0) is 15.8. The number of carbonyl (C=O) groups is 1. The summed E-state index contributed by atoms with van der Waals surface area (Å²) < 4.78 is 5.55. The van der Waals surface area contributed by atoms with Crippen LogP contribution in [0.25, 0.3) is 0 Å². The Balaban J connectivity index is 1.87. The van der Waals surface area contributed by atoms with E-state index in [1.165, 1.54) is 0 Å². The number of benzene rings is 2. The van der Waals surface area contributed by atoms with Crippen LogP contribution in [0.15, 0.2) is 54.6 Å². The third-order valence-electron chi connectivity index (χ3n) is 3.36. The van der Waals surface area contributed by atoms with Crippen LogP contribution in [0.3, 0.4) is 0 Å². The molecule has 0 aromatic heterocycles. The Morgan fingerprint density at radius 2 is 1.77 bits per heavy atom. The maximum absolute atomic E-state index is 12.2. The van der Waals surface area contributed by atoms with Gasteiger partial charge in [0.2, 0.25) is 5.91 Å². The lowest BCUT2D eigenvalue weighted by molar-refractivity contribution is -0.118. The van der Waals surface area contributed by atoms with Gasteiger partial charge in [0.1, 0.15) is 5.75 Å². The number of ether oxygens (including phenoxy) is 1. The number of nitrogens with one attached hydrogen (secondary N) is 1. The minimum Gasteiger partial charge on any atom is -0.492 e. The number of anilines is 2. The predicted octanol–water partition coefficient (Wildman–Crippen LogP) is 3.55. The molecule has 116 valence electrons. The van der Waals surface area contributed by atoms with Gasteiger partial charge in [0.25, 0.3) is 0 Å². The van der Waals surface area contributed by atoms with Crippen LogP contribution >= 0.6 is 0 Å². The van der Waals surface area contributed by atoms with Gasteiger partial charge in [0, 0.05) is 25.7 Å². The van der Waals surface area contributed by atoms with Crippen LogP contribution in [0.1, 0.15) is 13.3 Å². The number of nitrogens with zero attached hydrogens (tertiary/aromatic N) is 1. The van der Waals surface area contributed by atoms with Gasteiger partial charge < -0.3 is 15.0 Å². The normalized spacial score (nSPS) is 10.1. The highest BCUT2D eigenvalue weighted by Crippen LogP contribution is 2.23. The van der Waals surface area contributed by atoms with Gasteiger partial charge in [-0.15, -0.1) is 0 Å². The second-order valence-corrected chi connectivity index (χ2v) is 4.89. The third kappa shape index (κ3) is 4.25. The Bertz CT molecular complexity index is 599. The number of amides is 1. The van der Waals surface area contributed by atoms with Crippen molar-refractivity contribution in [2.24, 2.45) is 0 Å². The lowest BCUT2D eigenvalue weighted by atomic mass is 10.2. The van der Waals surface area contributed by atoms with Crippen molar-refractivity contribution < 1.29 is 9.53 Å². The van der Waals surface area contributed by atoms with Crippen LogP contribution in [0.2, 0.25) is 0 Å². The van der Waals surface area contributed by atoms with E-state index in [0.717, 1.165) is 17.1 Å². The molecule has 0 unspecified atom stereocenters. The average Bonchev–Trinajstić information content (AvgIpc) is 2.56. The second kappa shape index (κ2) is 8.08. The monoisotopic (exact) mass is 298 g/mol. The van der Waals surface area contributed by atoms with E-state index in [2.05, 4.69) is 5.32 Å². The summed E-state index contributed by atoms with van der Waals surface area (Å²) >= 11 is 0. The first-order chi connectivity index (χ1) is 10.7. The van der Waals surface area contributed by atoms with Crippen LogP contribution in [0.4, 0.5) is 11.4 Å². The molecule has 22 heavy (non-hydrogen) atoms. The van der Waals surface area contributed by atoms with Gasteiger partial charge in [-0.25, -0.2) is 0 Å². The summed E-state index contributed by atoms with van der Waals surface area (Å²) in [6.45, 7) is 3.14. The Hall–Kier alpha value is -2.49. The van der Waals surface area contributed by atoms with E-state index >= 15 is 0 Å². The minimum atomic E-state index is 0.0765. The van der Waals surface area contributed by atoms with E-state index in [0.29, 0.717) is 19.6 Å². The average molecular weight is 298 g/mol. The SMILES string of the molecule is CCOc1ccccc1NCCC(=O)N(C)c1ccccc1. The molecule has 2 rings (SSSR count). The van der Waals surface area contributed by atoms with Crippen molar-refractivity contribution in [1.82, 2.24) is 0 Å². The van der Waals surface area contributed by atoms with Crippen molar-refractivity contribution >= 4 is 17.3 Å². The maximum Gasteiger partial charge on any atom is 0.228 e. The highest BCUT2D eigenvalue weighted by Gasteiger charge is 2.10. The Morgan fingerprint density at radius 1 is 1.09 bits per heavy atom. The lowest BCUT2D eigenvalue weighted by Crippen LogP contribution is -2.27. The highest BCUT2D eigenvalue weighted by molar-refractivity contribution is 5.93. The van der Waals surface area contributed by atoms with Crippen molar-refractivity contribution in [2.75, 3.05) is 30.4 Å². The highest BCUT2D eigenvalue weighted by atomic mass is 16.5. The molecule has 2 aromatic carbocycles. The fraction of sp³-hybridized carbons (Fsp3) is 0.278. The molecular weight excluding hydrogens is 276 g/mol. The fourth-order valence-electron chi connectivity index (χ4n) is 2.16. The summed E-state index contributed by atoms with van der Waals surface area (Å²) in [6.07, 6.45) is 0.422. The molecule has 1 amide bonds. The number of carbonyl (C=O) groups excluding carboxylic acids is 1. The molecule has 0 fully saturated rings. The summed E-state index contributed by atoms with van der Waals surface area (Å²) in [6, 6.07) is 17.4. The molecule has 0 spiro atoms. The first kappa shape index (κ1) is 15.9. The van der Waals surface area contributed by atoms with Crippen LogP contribution < -0.4 is 15.0 Å². The number of para-hydroxylation sites is 3. The van der Waals surface area contributed by atoms with Crippen molar-refractivity contribution in [2.45, 2.75) is 13.3 Å². The number of hydrogen-bond acceptors (Lipinski definition) is 3. The Labute approximate surface area is 131 Å². The summed E-state index contributed by atoms with van der Waals surface area (Å²) in [5.41, 5.74) is 1.82. The van der Waals surface area contributed by atoms with Gasteiger partial charge in [-0.3, -0.25) is 4.79 Å². The van der Waals surface area contributed by atoms with Crippen LogP contribution in [0.5, 0.6) is 5.75 Å². The first-order valence-electron chi connectivity index (χ1n) is 7.49. The van der Waals surface area contributed by atoms with Gasteiger partial charge in [-0.2, -0.15) is 0 Å². The number of rotatable bonds is 7. The van der Waals surface area contributed by atoms with Gasteiger partial charge >= 0.3 is 0 Å². The van der Waals surface area contributed by atoms with Gasteiger partial charge in [0.05, 0.1) is 12.3 Å². The Kier molecular flexibility index (Phi) is 5.83. The summed E-state index contributed by atoms with van der Waals surface area (Å²) in [5, 5.41) is 3.26. The molecule has 2 aromatic rings. The van der Waals surface area contributed by atoms with Gasteiger partial charge in [-0.05, 0) is 31.2 Å².